The molecule has 0 bridgehead atoms. The fourth-order valence-electron chi connectivity index (χ4n) is 3.82. The molecule has 2 atom stereocenters. The molecule has 0 aromatic heterocycles. The molecule has 5 nitrogen and oxygen atoms in total. The van der Waals surface area contributed by atoms with Gasteiger partial charge in [0.1, 0.15) is 11.8 Å². The quantitative estimate of drug-likeness (QED) is 0.318. The van der Waals surface area contributed by atoms with Crippen LogP contribution in [0.1, 0.15) is 42.5 Å². The number of amides is 2. The monoisotopic (exact) mass is 550 g/mol. The molecule has 0 fully saturated rings. The first kappa shape index (κ1) is 27.5. The highest BCUT2D eigenvalue weighted by molar-refractivity contribution is 9.10. The third-order valence-corrected chi connectivity index (χ3v) is 7.13. The molecule has 6 heteroatoms. The summed E-state index contributed by atoms with van der Waals surface area (Å²) in [6.45, 7) is 8.15. The summed E-state index contributed by atoms with van der Waals surface area (Å²) in [7, 11) is 0. The van der Waals surface area contributed by atoms with Crippen molar-refractivity contribution in [2.24, 2.45) is 0 Å². The van der Waals surface area contributed by atoms with Crippen molar-refractivity contribution in [3.8, 4) is 5.75 Å². The summed E-state index contributed by atoms with van der Waals surface area (Å²) in [4.78, 5) is 28.8. The molecular weight excluding hydrogens is 516 g/mol. The molecule has 1 N–H and O–H groups in total. The first-order chi connectivity index (χ1) is 17.3. The van der Waals surface area contributed by atoms with E-state index in [4.69, 9.17) is 4.74 Å². The van der Waals surface area contributed by atoms with Crippen molar-refractivity contribution >= 4 is 27.7 Å². The van der Waals surface area contributed by atoms with Crippen molar-refractivity contribution in [3.63, 3.8) is 0 Å². The first-order valence-corrected chi connectivity index (χ1v) is 13.1. The van der Waals surface area contributed by atoms with Gasteiger partial charge in [0.15, 0.2) is 6.61 Å². The van der Waals surface area contributed by atoms with Crippen LogP contribution < -0.4 is 10.1 Å². The van der Waals surface area contributed by atoms with E-state index in [1.807, 2.05) is 100 Å². The molecule has 0 radical (unpaired) electrons. The molecule has 0 spiro atoms. The lowest BCUT2D eigenvalue weighted by Crippen LogP contribution is -2.53. The molecular formula is C30H35BrN2O3. The van der Waals surface area contributed by atoms with E-state index in [1.54, 1.807) is 4.90 Å². The molecule has 3 rings (SSSR count). The van der Waals surface area contributed by atoms with Crippen LogP contribution in [0.3, 0.4) is 0 Å². The van der Waals surface area contributed by atoms with Crippen LogP contribution in [0.15, 0.2) is 77.3 Å². The second kappa shape index (κ2) is 13.3. The van der Waals surface area contributed by atoms with Crippen LogP contribution in [0.25, 0.3) is 0 Å². The number of hydrogen-bond donors (Lipinski definition) is 1. The van der Waals surface area contributed by atoms with Crippen LogP contribution in [0.4, 0.5) is 0 Å². The Balaban J connectivity index is 1.90. The van der Waals surface area contributed by atoms with Gasteiger partial charge in [0.2, 0.25) is 5.91 Å². The minimum atomic E-state index is -0.676. The maximum absolute atomic E-state index is 13.6. The number of aryl methyl sites for hydroxylation is 2. The zero-order chi connectivity index (χ0) is 26.1. The predicted molar refractivity (Wildman–Crippen MR) is 148 cm³/mol. The zero-order valence-corrected chi connectivity index (χ0v) is 23.0. The van der Waals surface area contributed by atoms with Gasteiger partial charge in [0.05, 0.1) is 0 Å². The summed E-state index contributed by atoms with van der Waals surface area (Å²) in [5, 5.41) is 3.09. The molecule has 0 aliphatic carbocycles. The summed E-state index contributed by atoms with van der Waals surface area (Å²) in [5.41, 5.74) is 4.11. The van der Waals surface area contributed by atoms with Crippen molar-refractivity contribution < 1.29 is 14.3 Å². The number of rotatable bonds is 11. The second-order valence-electron chi connectivity index (χ2n) is 9.23. The van der Waals surface area contributed by atoms with Crippen LogP contribution in [0.5, 0.6) is 5.75 Å². The Kier molecular flexibility index (Phi) is 10.1. The predicted octanol–water partition coefficient (Wildman–Crippen LogP) is 6.00. The minimum Gasteiger partial charge on any atom is -0.484 e. The highest BCUT2D eigenvalue weighted by atomic mass is 79.9. The van der Waals surface area contributed by atoms with Gasteiger partial charge in [-0.3, -0.25) is 9.59 Å². The van der Waals surface area contributed by atoms with Gasteiger partial charge in [-0.05, 0) is 62.1 Å². The number of carbonyl (C=O) groups is 2. The van der Waals surface area contributed by atoms with Gasteiger partial charge < -0.3 is 15.0 Å². The molecule has 0 saturated carbocycles. The number of benzene rings is 3. The van der Waals surface area contributed by atoms with E-state index in [1.165, 1.54) is 0 Å². The molecule has 36 heavy (non-hydrogen) atoms. The van der Waals surface area contributed by atoms with Crippen LogP contribution in [-0.2, 0) is 22.6 Å². The topological polar surface area (TPSA) is 58.6 Å². The second-order valence-corrected chi connectivity index (χ2v) is 10.1. The fraction of sp³-hybridized carbons (Fsp3) is 0.333. The smallest absolute Gasteiger partial charge is 0.261 e. The fourth-order valence-corrected chi connectivity index (χ4v) is 4.07. The molecule has 3 aromatic carbocycles. The summed E-state index contributed by atoms with van der Waals surface area (Å²) in [6.07, 6.45) is 1.22. The van der Waals surface area contributed by atoms with E-state index in [0.717, 1.165) is 33.1 Å². The van der Waals surface area contributed by atoms with Gasteiger partial charge in [0.25, 0.3) is 5.91 Å². The largest absolute Gasteiger partial charge is 0.484 e. The lowest BCUT2D eigenvalue weighted by molar-refractivity contribution is -0.143. The highest BCUT2D eigenvalue weighted by Crippen LogP contribution is 2.22. The average molecular weight is 552 g/mol. The van der Waals surface area contributed by atoms with Gasteiger partial charge in [0, 0.05) is 23.5 Å². The number of hydrogen-bond acceptors (Lipinski definition) is 3. The van der Waals surface area contributed by atoms with Crippen LogP contribution >= 0.6 is 15.9 Å². The van der Waals surface area contributed by atoms with Gasteiger partial charge in [-0.15, -0.1) is 0 Å². The summed E-state index contributed by atoms with van der Waals surface area (Å²) < 4.78 is 6.86. The molecule has 0 aliphatic rings. The van der Waals surface area contributed by atoms with E-state index < -0.39 is 6.04 Å². The molecule has 2 unspecified atom stereocenters. The van der Waals surface area contributed by atoms with Crippen LogP contribution in [0, 0.1) is 13.8 Å². The van der Waals surface area contributed by atoms with Crippen LogP contribution in [-0.4, -0.2) is 35.4 Å². The number of carbonyl (C=O) groups excluding carboxylic acids is 2. The highest BCUT2D eigenvalue weighted by Gasteiger charge is 2.31. The van der Waals surface area contributed by atoms with Gasteiger partial charge >= 0.3 is 0 Å². The number of nitrogens with zero attached hydrogens (tertiary/aromatic N) is 1. The first-order valence-electron chi connectivity index (χ1n) is 12.3. The van der Waals surface area contributed by atoms with Gasteiger partial charge in [-0.25, -0.2) is 0 Å². The Labute approximate surface area is 223 Å². The number of halogens is 1. The third-order valence-electron chi connectivity index (χ3n) is 6.24. The molecule has 3 aromatic rings. The standard InChI is InChI=1S/C30H35BrN2O3/c1-5-23(4)32-30(35)28(18-24-9-7-6-8-10-24)33(19-25-13-11-21(2)12-14-25)29(34)20-36-26-15-16-27(31)22(3)17-26/h6-17,23,28H,5,18-20H2,1-4H3,(H,32,35). The maximum Gasteiger partial charge on any atom is 0.261 e. The van der Waals surface area contributed by atoms with E-state index in [-0.39, 0.29) is 24.5 Å². The summed E-state index contributed by atoms with van der Waals surface area (Å²) >= 11 is 3.49. The lowest BCUT2D eigenvalue weighted by Gasteiger charge is -2.32. The molecule has 190 valence electrons. The van der Waals surface area contributed by atoms with Gasteiger partial charge in [-0.2, -0.15) is 0 Å². The maximum atomic E-state index is 13.6. The van der Waals surface area contributed by atoms with Crippen molar-refractivity contribution in [2.45, 2.75) is 59.2 Å². The normalized spacial score (nSPS) is 12.5. The average Bonchev–Trinajstić information content (AvgIpc) is 2.88. The van der Waals surface area contributed by atoms with E-state index in [9.17, 15) is 9.59 Å². The molecule has 0 aliphatic heterocycles. The van der Waals surface area contributed by atoms with E-state index in [0.29, 0.717) is 18.7 Å². The Bertz CT molecular complexity index is 1150. The van der Waals surface area contributed by atoms with Crippen molar-refractivity contribution in [1.82, 2.24) is 10.2 Å². The zero-order valence-electron chi connectivity index (χ0n) is 21.5. The Morgan fingerprint density at radius 3 is 2.31 bits per heavy atom. The van der Waals surface area contributed by atoms with Crippen molar-refractivity contribution in [3.05, 3.63) is 99.5 Å². The SMILES string of the molecule is CCC(C)NC(=O)C(Cc1ccccc1)N(Cc1ccc(C)cc1)C(=O)COc1ccc(Br)c(C)c1. The van der Waals surface area contributed by atoms with E-state index >= 15 is 0 Å². The molecule has 0 saturated heterocycles. The summed E-state index contributed by atoms with van der Waals surface area (Å²) in [6, 6.07) is 22.8. The van der Waals surface area contributed by atoms with Crippen LogP contribution in [0.2, 0.25) is 0 Å². The summed E-state index contributed by atoms with van der Waals surface area (Å²) in [5.74, 6) is 0.215. The van der Waals surface area contributed by atoms with Gasteiger partial charge in [-0.1, -0.05) is 83.0 Å². The van der Waals surface area contributed by atoms with Crippen molar-refractivity contribution in [2.75, 3.05) is 6.61 Å². The Hall–Kier alpha value is -3.12. The molecule has 2 amide bonds. The Morgan fingerprint density at radius 1 is 0.972 bits per heavy atom. The minimum absolute atomic E-state index is 0.00842. The van der Waals surface area contributed by atoms with E-state index in [2.05, 4.69) is 21.2 Å². The lowest BCUT2D eigenvalue weighted by atomic mass is 10.0. The number of ether oxygens (including phenoxy) is 1. The third kappa shape index (κ3) is 7.95. The van der Waals surface area contributed by atoms with Crippen molar-refractivity contribution in [1.29, 1.82) is 0 Å². The Morgan fingerprint density at radius 2 is 1.67 bits per heavy atom. The number of nitrogens with one attached hydrogen (secondary N) is 1. The molecule has 0 heterocycles.